The van der Waals surface area contributed by atoms with Crippen molar-refractivity contribution in [1.29, 1.82) is 0 Å². The van der Waals surface area contributed by atoms with Gasteiger partial charge in [0.05, 0.1) is 5.35 Å². The molecule has 0 aliphatic rings. The zero-order valence-electron chi connectivity index (χ0n) is 7.33. The number of rotatable bonds is 0. The highest BCUT2D eigenvalue weighted by Gasteiger charge is 1.87. The van der Waals surface area contributed by atoms with Crippen LogP contribution in [0.3, 0.4) is 0 Å². The predicted octanol–water partition coefficient (Wildman–Crippen LogP) is 0.686. The van der Waals surface area contributed by atoms with E-state index in [-0.39, 0.29) is 0 Å². The van der Waals surface area contributed by atoms with E-state index < -0.39 is 0 Å². The Kier molecular flexibility index (Phi) is 2.66. The lowest BCUT2D eigenvalue weighted by molar-refractivity contribution is 1.20. The second-order valence-electron chi connectivity index (χ2n) is 2.50. The second-order valence-corrected chi connectivity index (χ2v) is 2.50. The molecular weight excluding hydrogens is 146 g/mol. The highest BCUT2D eigenvalue weighted by atomic mass is 14.6. The summed E-state index contributed by atoms with van der Waals surface area (Å²) in [5.74, 6) is 2.59. The summed E-state index contributed by atoms with van der Waals surface area (Å²) in [6, 6.07) is 3.91. The van der Waals surface area contributed by atoms with Crippen LogP contribution in [0, 0.1) is 12.3 Å². The van der Waals surface area contributed by atoms with Gasteiger partial charge < -0.3 is 0 Å². The van der Waals surface area contributed by atoms with Crippen LogP contribution in [0.5, 0.6) is 0 Å². The van der Waals surface area contributed by atoms with Crippen molar-refractivity contribution < 1.29 is 0 Å². The molecule has 12 heavy (non-hydrogen) atoms. The normalized spacial score (nSPS) is 13.9. The van der Waals surface area contributed by atoms with Gasteiger partial charge in [0.2, 0.25) is 0 Å². The summed E-state index contributed by atoms with van der Waals surface area (Å²) in [6.07, 6.45) is 9.04. The topological polar surface area (TPSA) is 12.9 Å². The number of pyridine rings is 1. The molecule has 0 saturated heterocycles. The Morgan fingerprint density at radius 2 is 2.42 bits per heavy atom. The lowest BCUT2D eigenvalue weighted by atomic mass is 10.2. The molecule has 0 radical (unpaired) electrons. The third-order valence-electron chi connectivity index (χ3n) is 1.72. The maximum atomic E-state index is 5.29. The van der Waals surface area contributed by atoms with Crippen LogP contribution in [0.4, 0.5) is 0 Å². The third kappa shape index (κ3) is 1.54. The van der Waals surface area contributed by atoms with E-state index in [1.165, 1.54) is 0 Å². The second kappa shape index (κ2) is 3.73. The molecule has 0 spiro atoms. The fourth-order valence-electron chi connectivity index (χ4n) is 1.03. The Morgan fingerprint density at radius 1 is 1.67 bits per heavy atom. The molecule has 0 bridgehead atoms. The van der Waals surface area contributed by atoms with E-state index in [0.29, 0.717) is 0 Å². The van der Waals surface area contributed by atoms with Crippen LogP contribution in [0.15, 0.2) is 18.3 Å². The standard InChI is InChI=1S/C11H11N/c1-4-9(3)11-10(5-2)7-6-8-12-11/h1,5-8H,2-3H3/b10-5-,11-9+. The first-order valence-corrected chi connectivity index (χ1v) is 3.84. The Balaban J connectivity index is 3.69. The molecule has 1 heterocycles. The van der Waals surface area contributed by atoms with Crippen molar-refractivity contribution >= 4 is 11.6 Å². The fraction of sp³-hybridized carbons (Fsp3) is 0.182. The number of aromatic nitrogens is 1. The van der Waals surface area contributed by atoms with Gasteiger partial charge in [-0.2, -0.15) is 0 Å². The number of terminal acetylenes is 1. The Labute approximate surface area is 72.5 Å². The van der Waals surface area contributed by atoms with Crippen molar-refractivity contribution in [1.82, 2.24) is 4.98 Å². The van der Waals surface area contributed by atoms with E-state index in [2.05, 4.69) is 10.9 Å². The highest BCUT2D eigenvalue weighted by molar-refractivity contribution is 5.58. The van der Waals surface area contributed by atoms with Crippen LogP contribution in [-0.4, -0.2) is 4.98 Å². The average Bonchev–Trinajstić information content (AvgIpc) is 2.16. The van der Waals surface area contributed by atoms with Gasteiger partial charge in [-0.3, -0.25) is 4.98 Å². The number of nitrogens with zero attached hydrogens (tertiary/aromatic N) is 1. The molecule has 1 aromatic rings. The maximum absolute atomic E-state index is 5.29. The van der Waals surface area contributed by atoms with Crippen molar-refractivity contribution in [2.75, 3.05) is 0 Å². The van der Waals surface area contributed by atoms with Gasteiger partial charge in [-0.25, -0.2) is 0 Å². The van der Waals surface area contributed by atoms with Crippen LogP contribution in [0.2, 0.25) is 0 Å². The van der Waals surface area contributed by atoms with E-state index in [1.54, 1.807) is 6.20 Å². The largest absolute Gasteiger partial charge is 0.255 e. The molecule has 0 amide bonds. The lowest BCUT2D eigenvalue weighted by Gasteiger charge is -1.90. The summed E-state index contributed by atoms with van der Waals surface area (Å²) >= 11 is 0. The van der Waals surface area contributed by atoms with E-state index in [0.717, 1.165) is 16.1 Å². The molecule has 0 saturated carbocycles. The molecule has 0 aliphatic heterocycles. The maximum Gasteiger partial charge on any atom is 0.0811 e. The van der Waals surface area contributed by atoms with Gasteiger partial charge in [0.15, 0.2) is 0 Å². The van der Waals surface area contributed by atoms with Crippen LogP contribution in [0.25, 0.3) is 11.6 Å². The van der Waals surface area contributed by atoms with E-state index >= 15 is 0 Å². The quantitative estimate of drug-likeness (QED) is 0.505. The first-order chi connectivity index (χ1) is 5.79. The number of hydrogen-bond donors (Lipinski definition) is 0. The Morgan fingerprint density at radius 3 is 3.00 bits per heavy atom. The molecule has 0 aliphatic carbocycles. The van der Waals surface area contributed by atoms with Gasteiger partial charge in [0, 0.05) is 11.8 Å². The fourth-order valence-corrected chi connectivity index (χ4v) is 1.03. The van der Waals surface area contributed by atoms with Gasteiger partial charge in [-0.15, -0.1) is 6.42 Å². The van der Waals surface area contributed by atoms with Crippen LogP contribution >= 0.6 is 0 Å². The van der Waals surface area contributed by atoms with Gasteiger partial charge >= 0.3 is 0 Å². The minimum absolute atomic E-state index is 0.878. The molecule has 0 N–H and O–H groups in total. The molecule has 1 heteroatoms. The SMILES string of the molecule is C#C/C(C)=c1/nccc/c1=C/C. The monoisotopic (exact) mass is 157 g/mol. The van der Waals surface area contributed by atoms with Crippen molar-refractivity contribution in [3.8, 4) is 12.3 Å². The summed E-state index contributed by atoms with van der Waals surface area (Å²) in [5, 5.41) is 2.00. The summed E-state index contributed by atoms with van der Waals surface area (Å²) in [7, 11) is 0. The molecule has 60 valence electrons. The van der Waals surface area contributed by atoms with Gasteiger partial charge in [-0.1, -0.05) is 18.1 Å². The summed E-state index contributed by atoms with van der Waals surface area (Å²) in [5.41, 5.74) is 0.878. The summed E-state index contributed by atoms with van der Waals surface area (Å²) in [6.45, 7) is 3.87. The van der Waals surface area contributed by atoms with Crippen molar-refractivity contribution in [3.63, 3.8) is 0 Å². The summed E-state index contributed by atoms with van der Waals surface area (Å²) < 4.78 is 0. The van der Waals surface area contributed by atoms with Crippen molar-refractivity contribution in [2.24, 2.45) is 0 Å². The minimum atomic E-state index is 0.878. The molecule has 0 fully saturated rings. The van der Waals surface area contributed by atoms with Gasteiger partial charge in [-0.05, 0) is 25.1 Å². The van der Waals surface area contributed by atoms with E-state index in [1.807, 2.05) is 32.1 Å². The first kappa shape index (κ1) is 8.55. The van der Waals surface area contributed by atoms with Crippen molar-refractivity contribution in [3.05, 3.63) is 28.9 Å². The smallest absolute Gasteiger partial charge is 0.0811 e. The van der Waals surface area contributed by atoms with Gasteiger partial charge in [0.25, 0.3) is 0 Å². The molecule has 1 aromatic heterocycles. The average molecular weight is 157 g/mol. The first-order valence-electron chi connectivity index (χ1n) is 3.84. The number of hydrogen-bond acceptors (Lipinski definition) is 1. The summed E-state index contributed by atoms with van der Waals surface area (Å²) in [4.78, 5) is 4.21. The molecule has 1 nitrogen and oxygen atoms in total. The van der Waals surface area contributed by atoms with Crippen LogP contribution < -0.4 is 10.6 Å². The van der Waals surface area contributed by atoms with Crippen molar-refractivity contribution in [2.45, 2.75) is 13.8 Å². The van der Waals surface area contributed by atoms with Gasteiger partial charge in [0.1, 0.15) is 0 Å². The lowest BCUT2D eigenvalue weighted by Crippen LogP contribution is -2.28. The van der Waals surface area contributed by atoms with E-state index in [9.17, 15) is 0 Å². The predicted molar refractivity (Wildman–Crippen MR) is 51.5 cm³/mol. The molecule has 0 aromatic carbocycles. The zero-order chi connectivity index (χ0) is 8.97. The molecule has 0 unspecified atom stereocenters. The zero-order valence-corrected chi connectivity index (χ0v) is 7.33. The molecular formula is C11H11N. The minimum Gasteiger partial charge on any atom is -0.255 e. The Bertz CT molecular complexity index is 421. The van der Waals surface area contributed by atoms with Crippen LogP contribution in [0.1, 0.15) is 13.8 Å². The third-order valence-corrected chi connectivity index (χ3v) is 1.72. The molecule has 1 rings (SSSR count). The van der Waals surface area contributed by atoms with E-state index in [4.69, 9.17) is 6.42 Å². The van der Waals surface area contributed by atoms with Crippen LogP contribution in [-0.2, 0) is 0 Å². The molecule has 0 atom stereocenters. The Hall–Kier alpha value is -1.55. The highest BCUT2D eigenvalue weighted by Crippen LogP contribution is 1.81.